The van der Waals surface area contributed by atoms with E-state index in [1.54, 1.807) is 24.0 Å². The first-order valence-electron chi connectivity index (χ1n) is 7.22. The van der Waals surface area contributed by atoms with Crippen LogP contribution < -0.4 is 4.90 Å². The van der Waals surface area contributed by atoms with Crippen LogP contribution in [-0.2, 0) is 16.0 Å². The van der Waals surface area contributed by atoms with E-state index in [1.165, 1.54) is 7.11 Å². The standard InChI is InChI=1S/C16H17Cl2NO3/c1-15(9-16(15,17)18)14(21)19-8-4-6-10-11(13(20)22-2)5-3-7-12(10)19/h3,5,7H,4,6,8-9H2,1-2H3/t15-/m1/s1. The van der Waals surface area contributed by atoms with E-state index >= 15 is 0 Å². The van der Waals surface area contributed by atoms with Gasteiger partial charge in [0, 0.05) is 12.2 Å². The zero-order chi connectivity index (χ0) is 16.1. The van der Waals surface area contributed by atoms with Crippen LogP contribution in [0, 0.1) is 5.41 Å². The molecule has 1 heterocycles. The summed E-state index contributed by atoms with van der Waals surface area (Å²) in [5.74, 6) is -0.465. The number of carbonyl (C=O) groups excluding carboxylic acids is 2. The zero-order valence-corrected chi connectivity index (χ0v) is 14.0. The molecule has 0 bridgehead atoms. The van der Waals surface area contributed by atoms with E-state index in [1.807, 2.05) is 6.07 Å². The lowest BCUT2D eigenvalue weighted by Gasteiger charge is -2.32. The van der Waals surface area contributed by atoms with Gasteiger partial charge < -0.3 is 9.64 Å². The van der Waals surface area contributed by atoms with Gasteiger partial charge in [-0.3, -0.25) is 4.79 Å². The molecule has 4 nitrogen and oxygen atoms in total. The van der Waals surface area contributed by atoms with Gasteiger partial charge in [-0.25, -0.2) is 4.79 Å². The summed E-state index contributed by atoms with van der Waals surface area (Å²) in [6, 6.07) is 5.35. The van der Waals surface area contributed by atoms with Crippen molar-refractivity contribution in [1.82, 2.24) is 0 Å². The Hall–Kier alpha value is -1.26. The third kappa shape index (κ3) is 2.20. The van der Waals surface area contributed by atoms with Crippen molar-refractivity contribution in [3.8, 4) is 0 Å². The Bertz CT molecular complexity index is 659. The first-order valence-corrected chi connectivity index (χ1v) is 7.97. The lowest BCUT2D eigenvalue weighted by molar-refractivity contribution is -0.123. The van der Waals surface area contributed by atoms with Crippen molar-refractivity contribution in [2.24, 2.45) is 5.41 Å². The van der Waals surface area contributed by atoms with E-state index in [4.69, 9.17) is 27.9 Å². The van der Waals surface area contributed by atoms with E-state index in [2.05, 4.69) is 0 Å². The summed E-state index contributed by atoms with van der Waals surface area (Å²) in [5, 5.41) is 0. The number of anilines is 1. The Morgan fingerprint density at radius 3 is 2.59 bits per heavy atom. The summed E-state index contributed by atoms with van der Waals surface area (Å²) in [6.07, 6.45) is 1.98. The van der Waals surface area contributed by atoms with E-state index in [0.29, 0.717) is 18.5 Å². The van der Waals surface area contributed by atoms with Crippen LogP contribution in [0.25, 0.3) is 0 Å². The first-order chi connectivity index (χ1) is 10.3. The number of methoxy groups -OCH3 is 1. The maximum Gasteiger partial charge on any atom is 0.338 e. The number of nitrogens with zero attached hydrogens (tertiary/aromatic N) is 1. The predicted octanol–water partition coefficient (Wildman–Crippen LogP) is 3.34. The van der Waals surface area contributed by atoms with Crippen LogP contribution in [0.2, 0.25) is 0 Å². The van der Waals surface area contributed by atoms with E-state index in [-0.39, 0.29) is 11.9 Å². The highest BCUT2D eigenvalue weighted by atomic mass is 35.5. The average Bonchev–Trinajstić information content (AvgIpc) is 3.04. The van der Waals surface area contributed by atoms with Gasteiger partial charge >= 0.3 is 5.97 Å². The highest BCUT2D eigenvalue weighted by molar-refractivity contribution is 6.53. The molecule has 0 N–H and O–H groups in total. The SMILES string of the molecule is COC(=O)c1cccc2c1CCCN2C(=O)[C@@]1(C)CC1(Cl)Cl. The molecule has 118 valence electrons. The maximum absolute atomic E-state index is 12.9. The molecule has 0 aromatic heterocycles. The van der Waals surface area contributed by atoms with Crippen molar-refractivity contribution in [1.29, 1.82) is 0 Å². The minimum Gasteiger partial charge on any atom is -0.465 e. The van der Waals surface area contributed by atoms with Crippen LogP contribution in [0.1, 0.15) is 35.7 Å². The molecule has 2 aliphatic rings. The van der Waals surface area contributed by atoms with Crippen LogP contribution in [-0.4, -0.2) is 29.9 Å². The molecule has 1 amide bonds. The number of fused-ring (bicyclic) bond motifs is 1. The summed E-state index contributed by atoms with van der Waals surface area (Å²) in [6.45, 7) is 2.39. The van der Waals surface area contributed by atoms with Crippen molar-refractivity contribution in [2.75, 3.05) is 18.6 Å². The Balaban J connectivity index is 1.99. The fraction of sp³-hybridized carbons (Fsp3) is 0.500. The Labute approximate surface area is 139 Å². The number of halogens is 2. The lowest BCUT2D eigenvalue weighted by Crippen LogP contribution is -2.41. The molecule has 1 saturated carbocycles. The number of hydrogen-bond donors (Lipinski definition) is 0. The number of rotatable bonds is 2. The molecule has 0 radical (unpaired) electrons. The summed E-state index contributed by atoms with van der Waals surface area (Å²) >= 11 is 12.3. The number of esters is 1. The molecule has 0 unspecified atom stereocenters. The fourth-order valence-electron chi connectivity index (χ4n) is 3.07. The zero-order valence-electron chi connectivity index (χ0n) is 12.5. The second-order valence-corrected chi connectivity index (χ2v) is 7.55. The molecule has 22 heavy (non-hydrogen) atoms. The van der Waals surface area contributed by atoms with Gasteiger partial charge in [0.25, 0.3) is 0 Å². The van der Waals surface area contributed by atoms with Crippen LogP contribution in [0.4, 0.5) is 5.69 Å². The average molecular weight is 342 g/mol. The second-order valence-electron chi connectivity index (χ2n) is 6.07. The molecule has 1 aromatic carbocycles. The van der Waals surface area contributed by atoms with Crippen molar-refractivity contribution in [2.45, 2.75) is 30.5 Å². The molecule has 0 saturated heterocycles. The molecule has 1 aromatic rings. The van der Waals surface area contributed by atoms with Gasteiger partial charge in [-0.1, -0.05) is 6.07 Å². The van der Waals surface area contributed by atoms with Crippen LogP contribution >= 0.6 is 23.2 Å². The Morgan fingerprint density at radius 1 is 1.32 bits per heavy atom. The Morgan fingerprint density at radius 2 is 2.00 bits per heavy atom. The van der Waals surface area contributed by atoms with Crippen LogP contribution in [0.3, 0.4) is 0 Å². The highest BCUT2D eigenvalue weighted by Gasteiger charge is 2.69. The minimum absolute atomic E-state index is 0.0829. The lowest BCUT2D eigenvalue weighted by atomic mass is 9.94. The third-order valence-electron chi connectivity index (χ3n) is 4.63. The quantitative estimate of drug-likeness (QED) is 0.612. The molecule has 1 atom stereocenters. The van der Waals surface area contributed by atoms with Crippen molar-refractivity contribution in [3.05, 3.63) is 29.3 Å². The monoisotopic (exact) mass is 341 g/mol. The highest BCUT2D eigenvalue weighted by Crippen LogP contribution is 2.64. The molecular weight excluding hydrogens is 325 g/mol. The van der Waals surface area contributed by atoms with Gasteiger partial charge in [0.15, 0.2) is 0 Å². The third-order valence-corrected chi connectivity index (χ3v) is 5.73. The van der Waals surface area contributed by atoms with Crippen molar-refractivity contribution in [3.63, 3.8) is 0 Å². The molecule has 1 aliphatic carbocycles. The van der Waals surface area contributed by atoms with Crippen LogP contribution in [0.15, 0.2) is 18.2 Å². The number of hydrogen-bond acceptors (Lipinski definition) is 3. The molecular formula is C16H17Cl2NO3. The van der Waals surface area contributed by atoms with Crippen molar-refractivity contribution >= 4 is 40.8 Å². The first kappa shape index (κ1) is 15.6. The van der Waals surface area contributed by atoms with Gasteiger partial charge in [0.1, 0.15) is 4.33 Å². The number of ether oxygens (including phenoxy) is 1. The topological polar surface area (TPSA) is 46.6 Å². The van der Waals surface area contributed by atoms with Crippen LogP contribution in [0.5, 0.6) is 0 Å². The van der Waals surface area contributed by atoms with E-state index in [0.717, 1.165) is 24.1 Å². The van der Waals surface area contributed by atoms with Gasteiger partial charge in [0.05, 0.1) is 18.1 Å². The molecule has 0 spiro atoms. The predicted molar refractivity (Wildman–Crippen MR) is 85.6 cm³/mol. The molecule has 1 fully saturated rings. The second kappa shape index (κ2) is 5.14. The molecule has 3 rings (SSSR count). The minimum atomic E-state index is -0.998. The van der Waals surface area contributed by atoms with Crippen molar-refractivity contribution < 1.29 is 14.3 Å². The largest absolute Gasteiger partial charge is 0.465 e. The maximum atomic E-state index is 12.9. The Kier molecular flexibility index (Phi) is 3.65. The summed E-state index contributed by atoms with van der Waals surface area (Å²) < 4.78 is 3.83. The van der Waals surface area contributed by atoms with Gasteiger partial charge in [-0.2, -0.15) is 0 Å². The summed E-state index contributed by atoms with van der Waals surface area (Å²) in [5.41, 5.74) is 1.37. The van der Waals surface area contributed by atoms with Gasteiger partial charge in [-0.05, 0) is 43.9 Å². The van der Waals surface area contributed by atoms with Gasteiger partial charge in [-0.15, -0.1) is 23.2 Å². The van der Waals surface area contributed by atoms with E-state index < -0.39 is 9.75 Å². The molecule has 1 aliphatic heterocycles. The normalized spacial score (nSPS) is 25.4. The number of alkyl halides is 2. The summed E-state index contributed by atoms with van der Waals surface area (Å²) in [7, 11) is 1.36. The number of carbonyl (C=O) groups is 2. The smallest absolute Gasteiger partial charge is 0.338 e. The molecule has 6 heteroatoms. The van der Waals surface area contributed by atoms with E-state index in [9.17, 15) is 9.59 Å². The summed E-state index contributed by atoms with van der Waals surface area (Å²) in [4.78, 5) is 26.5. The number of amides is 1. The van der Waals surface area contributed by atoms with Gasteiger partial charge in [0.2, 0.25) is 5.91 Å². The fourth-order valence-corrected chi connectivity index (χ4v) is 3.76. The number of benzene rings is 1.